The Morgan fingerprint density at radius 3 is 2.86 bits per heavy atom. The lowest BCUT2D eigenvalue weighted by atomic mass is 9.81. The number of fused-ring (bicyclic) bond motifs is 1. The quantitative estimate of drug-likeness (QED) is 0.854. The Balaban J connectivity index is 1.78. The summed E-state index contributed by atoms with van der Waals surface area (Å²) in [5, 5.41) is 0. The van der Waals surface area contributed by atoms with Gasteiger partial charge >= 0.3 is 0 Å². The first kappa shape index (κ1) is 14.5. The van der Waals surface area contributed by atoms with Crippen LogP contribution in [0, 0.1) is 5.92 Å². The molecule has 2 aliphatic rings. The third kappa shape index (κ3) is 2.95. The van der Waals surface area contributed by atoms with Crippen LogP contribution in [-0.4, -0.2) is 28.9 Å². The number of piperidine rings is 1. The summed E-state index contributed by atoms with van der Waals surface area (Å²) in [7, 11) is 0. The molecule has 21 heavy (non-hydrogen) atoms. The number of hydrogen-bond acceptors (Lipinski definition) is 2. The van der Waals surface area contributed by atoms with Gasteiger partial charge in [0.05, 0.1) is 10.9 Å². The number of nitrogens with two attached hydrogens (primary N) is 1. The molecule has 0 radical (unpaired) electrons. The van der Waals surface area contributed by atoms with Crippen LogP contribution < -0.4 is 5.73 Å². The third-order valence-corrected chi connectivity index (χ3v) is 5.14. The molecule has 112 valence electrons. The zero-order chi connectivity index (χ0) is 14.8. The molecule has 1 fully saturated rings. The lowest BCUT2D eigenvalue weighted by Gasteiger charge is -2.36. The Morgan fingerprint density at radius 1 is 1.24 bits per heavy atom. The molecule has 1 amide bonds. The van der Waals surface area contributed by atoms with Crippen molar-refractivity contribution in [2.45, 2.75) is 38.0 Å². The van der Waals surface area contributed by atoms with Gasteiger partial charge in [-0.25, -0.2) is 0 Å². The monoisotopic (exact) mass is 302 g/mol. The molecule has 0 spiro atoms. The molecule has 0 bridgehead atoms. The van der Waals surface area contributed by atoms with Crippen LogP contribution in [-0.2, 0) is 11.2 Å². The molecule has 4 heteroatoms. The van der Waals surface area contributed by atoms with Crippen LogP contribution in [0.4, 0.5) is 0 Å². The molecule has 1 aliphatic carbocycles. The van der Waals surface area contributed by atoms with Crippen LogP contribution in [0.5, 0.6) is 0 Å². The number of aryl methyl sites for hydroxylation is 1. The number of likely N-dealkylation sites (tertiary alicyclic amines) is 1. The van der Waals surface area contributed by atoms with E-state index in [0.29, 0.717) is 11.5 Å². The van der Waals surface area contributed by atoms with Crippen LogP contribution in [0.2, 0.25) is 0 Å². The predicted octanol–water partition coefficient (Wildman–Crippen LogP) is 2.63. The fourth-order valence-corrected chi connectivity index (χ4v) is 3.83. The van der Waals surface area contributed by atoms with E-state index in [0.717, 1.165) is 38.6 Å². The number of carbonyl (C=O) groups excluding carboxylic acids is 1. The highest BCUT2D eigenvalue weighted by atomic mass is 32.1. The highest BCUT2D eigenvalue weighted by Crippen LogP contribution is 2.33. The Hall–Kier alpha value is -1.42. The van der Waals surface area contributed by atoms with Crippen LogP contribution in [0.1, 0.15) is 42.7 Å². The average Bonchev–Trinajstić information content (AvgIpc) is 2.53. The molecule has 3 rings (SSSR count). The minimum absolute atomic E-state index is 0.0278. The maximum absolute atomic E-state index is 12.9. The van der Waals surface area contributed by atoms with E-state index in [1.807, 2.05) is 11.0 Å². The first-order chi connectivity index (χ1) is 10.2. The second-order valence-corrected chi connectivity index (χ2v) is 6.64. The molecule has 1 heterocycles. The SMILES string of the molecule is NC(=S)C1CCCN(C(=O)C2CCCc3ccccc32)C1. The summed E-state index contributed by atoms with van der Waals surface area (Å²) >= 11 is 5.11. The van der Waals surface area contributed by atoms with Gasteiger partial charge in [-0.2, -0.15) is 0 Å². The summed E-state index contributed by atoms with van der Waals surface area (Å²) in [6.07, 6.45) is 5.17. The lowest BCUT2D eigenvalue weighted by Crippen LogP contribution is -2.45. The number of rotatable bonds is 2. The minimum Gasteiger partial charge on any atom is -0.393 e. The fourth-order valence-electron chi connectivity index (χ4n) is 3.64. The highest BCUT2D eigenvalue weighted by Gasteiger charge is 2.32. The number of carbonyl (C=O) groups is 1. The number of hydrogen-bond donors (Lipinski definition) is 1. The van der Waals surface area contributed by atoms with Gasteiger partial charge in [-0.05, 0) is 43.2 Å². The molecule has 2 unspecified atom stereocenters. The van der Waals surface area contributed by atoms with Gasteiger partial charge in [0.25, 0.3) is 0 Å². The highest BCUT2D eigenvalue weighted by molar-refractivity contribution is 7.80. The molecule has 1 aromatic rings. The van der Waals surface area contributed by atoms with Crippen molar-refractivity contribution in [3.8, 4) is 0 Å². The van der Waals surface area contributed by atoms with Crippen molar-refractivity contribution in [1.82, 2.24) is 4.90 Å². The van der Waals surface area contributed by atoms with Gasteiger partial charge in [0, 0.05) is 19.0 Å². The number of amides is 1. The molecule has 1 aliphatic heterocycles. The van der Waals surface area contributed by atoms with Gasteiger partial charge in [0.1, 0.15) is 0 Å². The summed E-state index contributed by atoms with van der Waals surface area (Å²) in [5.41, 5.74) is 8.34. The Morgan fingerprint density at radius 2 is 2.05 bits per heavy atom. The van der Waals surface area contributed by atoms with E-state index >= 15 is 0 Å². The maximum atomic E-state index is 12.9. The van der Waals surface area contributed by atoms with Gasteiger partial charge < -0.3 is 10.6 Å². The molecular formula is C17H22N2OS. The van der Waals surface area contributed by atoms with Gasteiger partial charge in [-0.15, -0.1) is 0 Å². The van der Waals surface area contributed by atoms with E-state index in [1.165, 1.54) is 11.1 Å². The van der Waals surface area contributed by atoms with Crippen molar-refractivity contribution in [3.63, 3.8) is 0 Å². The summed E-state index contributed by atoms with van der Waals surface area (Å²) < 4.78 is 0. The van der Waals surface area contributed by atoms with E-state index in [-0.39, 0.29) is 17.7 Å². The van der Waals surface area contributed by atoms with E-state index in [9.17, 15) is 4.79 Å². The fraction of sp³-hybridized carbons (Fsp3) is 0.529. The number of nitrogens with zero attached hydrogens (tertiary/aromatic N) is 1. The molecule has 0 aromatic heterocycles. The third-order valence-electron chi connectivity index (χ3n) is 4.80. The number of thiocarbonyl (C=S) groups is 1. The topological polar surface area (TPSA) is 46.3 Å². The summed E-state index contributed by atoms with van der Waals surface area (Å²) in [6.45, 7) is 1.55. The van der Waals surface area contributed by atoms with Crippen molar-refractivity contribution in [2.24, 2.45) is 11.7 Å². The maximum Gasteiger partial charge on any atom is 0.230 e. The Kier molecular flexibility index (Phi) is 4.24. The molecule has 1 saturated heterocycles. The molecular weight excluding hydrogens is 280 g/mol. The Labute approximate surface area is 131 Å². The van der Waals surface area contributed by atoms with Gasteiger partial charge in [-0.1, -0.05) is 36.5 Å². The summed E-state index contributed by atoms with van der Waals surface area (Å²) in [5.74, 6) is 0.486. The molecule has 0 saturated carbocycles. The van der Waals surface area contributed by atoms with E-state index in [4.69, 9.17) is 18.0 Å². The lowest BCUT2D eigenvalue weighted by molar-refractivity contribution is -0.134. The van der Waals surface area contributed by atoms with Crippen molar-refractivity contribution < 1.29 is 4.79 Å². The van der Waals surface area contributed by atoms with Gasteiger partial charge in [0.2, 0.25) is 5.91 Å². The van der Waals surface area contributed by atoms with Crippen molar-refractivity contribution in [2.75, 3.05) is 13.1 Å². The molecule has 1 aromatic carbocycles. The van der Waals surface area contributed by atoms with Crippen LogP contribution in [0.15, 0.2) is 24.3 Å². The molecule has 2 atom stereocenters. The van der Waals surface area contributed by atoms with E-state index in [2.05, 4.69) is 18.2 Å². The second-order valence-electron chi connectivity index (χ2n) is 6.17. The average molecular weight is 302 g/mol. The first-order valence-electron chi connectivity index (χ1n) is 7.82. The minimum atomic E-state index is 0.0278. The first-order valence-corrected chi connectivity index (χ1v) is 8.23. The summed E-state index contributed by atoms with van der Waals surface area (Å²) in [6, 6.07) is 8.38. The van der Waals surface area contributed by atoms with E-state index in [1.54, 1.807) is 0 Å². The van der Waals surface area contributed by atoms with Gasteiger partial charge in [0.15, 0.2) is 0 Å². The normalized spacial score (nSPS) is 25.2. The van der Waals surface area contributed by atoms with Crippen LogP contribution in [0.3, 0.4) is 0 Å². The van der Waals surface area contributed by atoms with Gasteiger partial charge in [-0.3, -0.25) is 4.79 Å². The number of benzene rings is 1. The smallest absolute Gasteiger partial charge is 0.230 e. The standard InChI is InChI=1S/C17H22N2OS/c18-16(21)13-7-4-10-19(11-13)17(20)15-9-3-6-12-5-1-2-8-14(12)15/h1-2,5,8,13,15H,3-4,6-7,9-11H2,(H2,18,21). The largest absolute Gasteiger partial charge is 0.393 e. The molecule has 3 nitrogen and oxygen atoms in total. The van der Waals surface area contributed by atoms with E-state index < -0.39 is 0 Å². The van der Waals surface area contributed by atoms with Crippen molar-refractivity contribution in [3.05, 3.63) is 35.4 Å². The van der Waals surface area contributed by atoms with Crippen LogP contribution in [0.25, 0.3) is 0 Å². The predicted molar refractivity (Wildman–Crippen MR) is 88.2 cm³/mol. The molecule has 2 N–H and O–H groups in total. The zero-order valence-electron chi connectivity index (χ0n) is 12.3. The summed E-state index contributed by atoms with van der Waals surface area (Å²) in [4.78, 5) is 15.5. The van der Waals surface area contributed by atoms with Crippen molar-refractivity contribution >= 4 is 23.1 Å². The Bertz CT molecular complexity index is 557. The van der Waals surface area contributed by atoms with Crippen molar-refractivity contribution in [1.29, 1.82) is 0 Å². The van der Waals surface area contributed by atoms with Crippen LogP contribution >= 0.6 is 12.2 Å². The zero-order valence-corrected chi connectivity index (χ0v) is 13.1. The second kappa shape index (κ2) is 6.14.